The molecule has 0 aliphatic carbocycles. The minimum Gasteiger partial charge on any atom is -0.387 e. The molecule has 3 heterocycles. The molecule has 0 aromatic rings. The Balaban J connectivity index is 1.43. The smallest absolute Gasteiger partial charge is 0.317 e. The minimum atomic E-state index is -0.326. The number of piperidine rings is 1. The highest BCUT2D eigenvalue weighted by Crippen LogP contribution is 2.33. The van der Waals surface area contributed by atoms with Crippen LogP contribution in [0.5, 0.6) is 0 Å². The molecule has 2 fully saturated rings. The largest absolute Gasteiger partial charge is 0.387 e. The second-order valence-electron chi connectivity index (χ2n) is 7.20. The van der Waals surface area contributed by atoms with Crippen molar-refractivity contribution < 1.29 is 14.4 Å². The van der Waals surface area contributed by atoms with E-state index in [4.69, 9.17) is 4.84 Å². The molecule has 0 saturated carbocycles. The van der Waals surface area contributed by atoms with Crippen LogP contribution in [0.3, 0.4) is 0 Å². The molecule has 1 spiro atoms. The SMILES string of the molecule is CCCCN1CCC[C@]2(CC(C(=O)NCCN3CCNC3=O)=NO2)C1. The van der Waals surface area contributed by atoms with Crippen LogP contribution in [0, 0.1) is 0 Å². The summed E-state index contributed by atoms with van der Waals surface area (Å²) in [6, 6.07) is -0.0656. The number of likely N-dealkylation sites (tertiary alicyclic amines) is 1. The summed E-state index contributed by atoms with van der Waals surface area (Å²) >= 11 is 0. The zero-order chi connectivity index (χ0) is 17.7. The summed E-state index contributed by atoms with van der Waals surface area (Å²) in [4.78, 5) is 33.6. The molecular formula is C17H29N5O3. The molecule has 3 amide bonds. The van der Waals surface area contributed by atoms with E-state index in [9.17, 15) is 9.59 Å². The van der Waals surface area contributed by atoms with E-state index in [1.165, 1.54) is 12.8 Å². The van der Waals surface area contributed by atoms with E-state index in [2.05, 4.69) is 27.6 Å². The van der Waals surface area contributed by atoms with Gasteiger partial charge in [-0.2, -0.15) is 0 Å². The lowest BCUT2D eigenvalue weighted by molar-refractivity contribution is -0.114. The average molecular weight is 351 g/mol. The number of carbonyl (C=O) groups excluding carboxylic acids is 2. The maximum Gasteiger partial charge on any atom is 0.317 e. The van der Waals surface area contributed by atoms with Crippen LogP contribution in [0.15, 0.2) is 5.16 Å². The Morgan fingerprint density at radius 3 is 3.04 bits per heavy atom. The number of carbonyl (C=O) groups is 2. The van der Waals surface area contributed by atoms with Crippen LogP contribution in [0.25, 0.3) is 0 Å². The third-order valence-corrected chi connectivity index (χ3v) is 5.16. The summed E-state index contributed by atoms with van der Waals surface area (Å²) in [5, 5.41) is 9.68. The topological polar surface area (TPSA) is 86.3 Å². The zero-order valence-corrected chi connectivity index (χ0v) is 15.1. The Labute approximate surface area is 148 Å². The fraction of sp³-hybridized carbons (Fsp3) is 0.824. The first kappa shape index (κ1) is 18.0. The predicted octanol–water partition coefficient (Wildman–Crippen LogP) is 0.539. The monoisotopic (exact) mass is 351 g/mol. The third-order valence-electron chi connectivity index (χ3n) is 5.16. The summed E-state index contributed by atoms with van der Waals surface area (Å²) in [5.41, 5.74) is 0.149. The van der Waals surface area contributed by atoms with Gasteiger partial charge in [-0.1, -0.05) is 18.5 Å². The van der Waals surface area contributed by atoms with Gasteiger partial charge in [0, 0.05) is 39.1 Å². The number of hydrogen-bond donors (Lipinski definition) is 2. The van der Waals surface area contributed by atoms with Crippen molar-refractivity contribution in [3.8, 4) is 0 Å². The van der Waals surface area contributed by atoms with Crippen molar-refractivity contribution >= 4 is 17.6 Å². The lowest BCUT2D eigenvalue weighted by atomic mass is 9.88. The van der Waals surface area contributed by atoms with Crippen molar-refractivity contribution in [2.45, 2.75) is 44.6 Å². The van der Waals surface area contributed by atoms with Crippen molar-refractivity contribution in [2.75, 3.05) is 45.8 Å². The quantitative estimate of drug-likeness (QED) is 0.701. The summed E-state index contributed by atoms with van der Waals surface area (Å²) in [7, 11) is 0. The minimum absolute atomic E-state index is 0.0656. The van der Waals surface area contributed by atoms with E-state index in [1.807, 2.05) is 0 Å². The molecule has 8 heteroatoms. The molecule has 1 atom stereocenters. The number of oxime groups is 1. The standard InChI is InChI=1S/C17H29N5O3/c1-2-3-8-21-9-4-5-17(13-21)12-14(20-25-17)15(23)18-6-10-22-11-7-19-16(22)24/h2-13H2,1H3,(H,18,23)(H,19,24)/t17-/m0/s1. The van der Waals surface area contributed by atoms with Crippen LogP contribution >= 0.6 is 0 Å². The maximum atomic E-state index is 12.3. The van der Waals surface area contributed by atoms with Crippen molar-refractivity contribution in [3.63, 3.8) is 0 Å². The van der Waals surface area contributed by atoms with Gasteiger partial charge in [0.25, 0.3) is 5.91 Å². The van der Waals surface area contributed by atoms with Crippen LogP contribution in [-0.2, 0) is 9.63 Å². The van der Waals surface area contributed by atoms with E-state index < -0.39 is 0 Å². The second kappa shape index (κ2) is 8.03. The molecule has 3 rings (SSSR count). The number of nitrogens with zero attached hydrogens (tertiary/aromatic N) is 3. The molecule has 3 aliphatic rings. The van der Waals surface area contributed by atoms with Gasteiger partial charge in [-0.3, -0.25) is 9.69 Å². The van der Waals surface area contributed by atoms with Crippen molar-refractivity contribution in [1.82, 2.24) is 20.4 Å². The summed E-state index contributed by atoms with van der Waals surface area (Å²) < 4.78 is 0. The van der Waals surface area contributed by atoms with Crippen LogP contribution in [-0.4, -0.2) is 78.9 Å². The molecule has 0 bridgehead atoms. The molecule has 0 radical (unpaired) electrons. The summed E-state index contributed by atoms with van der Waals surface area (Å²) in [6.07, 6.45) is 4.98. The Hall–Kier alpha value is -1.83. The highest BCUT2D eigenvalue weighted by Gasteiger charge is 2.44. The van der Waals surface area contributed by atoms with Crippen LogP contribution < -0.4 is 10.6 Å². The van der Waals surface area contributed by atoms with Gasteiger partial charge >= 0.3 is 6.03 Å². The Bertz CT molecular complexity index is 538. The fourth-order valence-corrected chi connectivity index (χ4v) is 3.76. The molecule has 3 aliphatic heterocycles. The molecule has 25 heavy (non-hydrogen) atoms. The predicted molar refractivity (Wildman–Crippen MR) is 94.4 cm³/mol. The number of hydrogen-bond acceptors (Lipinski definition) is 5. The van der Waals surface area contributed by atoms with E-state index in [0.29, 0.717) is 38.3 Å². The van der Waals surface area contributed by atoms with Gasteiger partial charge < -0.3 is 20.4 Å². The maximum absolute atomic E-state index is 12.3. The molecule has 2 N–H and O–H groups in total. The molecule has 140 valence electrons. The Morgan fingerprint density at radius 1 is 1.40 bits per heavy atom. The number of amides is 3. The average Bonchev–Trinajstić information content (AvgIpc) is 3.20. The van der Waals surface area contributed by atoms with Gasteiger partial charge in [-0.05, 0) is 32.4 Å². The van der Waals surface area contributed by atoms with Crippen molar-refractivity contribution in [1.29, 1.82) is 0 Å². The third kappa shape index (κ3) is 4.42. The van der Waals surface area contributed by atoms with Gasteiger partial charge in [0.15, 0.2) is 5.60 Å². The van der Waals surface area contributed by atoms with Crippen LogP contribution in [0.4, 0.5) is 4.79 Å². The molecule has 0 aromatic heterocycles. The van der Waals surface area contributed by atoms with E-state index >= 15 is 0 Å². The second-order valence-corrected chi connectivity index (χ2v) is 7.20. The Kier molecular flexibility index (Phi) is 5.78. The molecular weight excluding hydrogens is 322 g/mol. The highest BCUT2D eigenvalue weighted by atomic mass is 16.7. The first-order valence-electron chi connectivity index (χ1n) is 9.40. The summed E-state index contributed by atoms with van der Waals surface area (Å²) in [5.74, 6) is -0.179. The lowest BCUT2D eigenvalue weighted by Crippen LogP contribution is -2.49. The van der Waals surface area contributed by atoms with Crippen molar-refractivity contribution in [3.05, 3.63) is 0 Å². The van der Waals surface area contributed by atoms with Gasteiger partial charge in [-0.25, -0.2) is 4.79 Å². The molecule has 2 saturated heterocycles. The normalized spacial score (nSPS) is 26.5. The van der Waals surface area contributed by atoms with E-state index in [0.717, 1.165) is 32.5 Å². The first-order valence-corrected chi connectivity index (χ1v) is 9.40. The van der Waals surface area contributed by atoms with Gasteiger partial charge in [-0.15, -0.1) is 0 Å². The van der Waals surface area contributed by atoms with E-state index in [-0.39, 0.29) is 17.5 Å². The summed E-state index contributed by atoms with van der Waals surface area (Å²) in [6.45, 7) is 7.54. The number of urea groups is 1. The number of rotatable bonds is 7. The van der Waals surface area contributed by atoms with Gasteiger partial charge in [0.2, 0.25) is 0 Å². The first-order chi connectivity index (χ1) is 12.1. The molecule has 0 unspecified atom stereocenters. The van der Waals surface area contributed by atoms with Gasteiger partial charge in [0.05, 0.1) is 0 Å². The lowest BCUT2D eigenvalue weighted by Gasteiger charge is -2.38. The van der Waals surface area contributed by atoms with Crippen molar-refractivity contribution in [2.24, 2.45) is 5.16 Å². The van der Waals surface area contributed by atoms with E-state index in [1.54, 1.807) is 4.90 Å². The molecule has 0 aromatic carbocycles. The van der Waals surface area contributed by atoms with Crippen LogP contribution in [0.2, 0.25) is 0 Å². The van der Waals surface area contributed by atoms with Gasteiger partial charge in [0.1, 0.15) is 5.71 Å². The Morgan fingerprint density at radius 2 is 2.28 bits per heavy atom. The highest BCUT2D eigenvalue weighted by molar-refractivity contribution is 6.39. The number of unbranched alkanes of at least 4 members (excludes halogenated alkanes) is 1. The molecule has 8 nitrogen and oxygen atoms in total. The fourth-order valence-electron chi connectivity index (χ4n) is 3.76. The number of nitrogens with one attached hydrogen (secondary N) is 2. The van der Waals surface area contributed by atoms with Crippen LogP contribution in [0.1, 0.15) is 39.0 Å². The zero-order valence-electron chi connectivity index (χ0n) is 15.1.